The average molecular weight is 670 g/mol. The molecule has 2 heteroatoms. The molecule has 0 amide bonds. The number of nitrogens with zero attached hydrogens (tertiary/aromatic N) is 1. The Balaban J connectivity index is 1.18. The molecule has 5 aromatic carbocycles. The fourth-order valence-corrected chi connectivity index (χ4v) is 13.5. The van der Waals surface area contributed by atoms with Gasteiger partial charge in [-0.15, -0.1) is 11.3 Å². The molecule has 1 nitrogen and oxygen atoms in total. The summed E-state index contributed by atoms with van der Waals surface area (Å²) in [5, 5.41) is 2.73. The van der Waals surface area contributed by atoms with E-state index in [9.17, 15) is 0 Å². The Hall–Kier alpha value is -3.88. The van der Waals surface area contributed by atoms with Crippen molar-refractivity contribution in [2.75, 3.05) is 4.90 Å². The van der Waals surface area contributed by atoms with Crippen LogP contribution in [0.1, 0.15) is 94.9 Å². The molecule has 250 valence electrons. The van der Waals surface area contributed by atoms with Crippen molar-refractivity contribution in [2.45, 2.75) is 88.9 Å². The summed E-state index contributed by atoms with van der Waals surface area (Å²) in [6.45, 7) is 9.89. The summed E-state index contributed by atoms with van der Waals surface area (Å²) in [5.74, 6) is 3.38. The Morgan fingerprint density at radius 2 is 1.18 bits per heavy atom. The van der Waals surface area contributed by atoms with Crippen LogP contribution in [0.15, 0.2) is 103 Å². The Morgan fingerprint density at radius 3 is 2.00 bits per heavy atom. The van der Waals surface area contributed by atoms with E-state index in [2.05, 4.69) is 136 Å². The Bertz CT molecular complexity index is 2340. The summed E-state index contributed by atoms with van der Waals surface area (Å²) in [7, 11) is 0. The van der Waals surface area contributed by atoms with Crippen molar-refractivity contribution in [3.8, 4) is 11.1 Å². The highest BCUT2D eigenvalue weighted by Gasteiger charge is 2.61. The number of hydrogen-bond acceptors (Lipinski definition) is 2. The van der Waals surface area contributed by atoms with Gasteiger partial charge in [0.2, 0.25) is 0 Å². The Kier molecular flexibility index (Phi) is 6.04. The molecule has 50 heavy (non-hydrogen) atoms. The Labute approximate surface area is 301 Å². The van der Waals surface area contributed by atoms with Crippen molar-refractivity contribution in [1.82, 2.24) is 0 Å². The summed E-state index contributed by atoms with van der Waals surface area (Å²) in [6.07, 6.45) is 9.53. The molecule has 0 radical (unpaired) electrons. The zero-order valence-corrected chi connectivity index (χ0v) is 30.7. The molecule has 0 saturated heterocycles. The third-order valence-corrected chi connectivity index (χ3v) is 15.6. The van der Waals surface area contributed by atoms with Crippen molar-refractivity contribution < 1.29 is 0 Å². The standard InChI is InChI=1S/C48H47NS/c1-46(2)20-21-47(3,4)45-40(46)13-9-14-42(45)49(33-17-19-44-38(27-33)37-11-6-8-15-43(37)50-44)34-16-18-36-35-10-5-7-12-39(35)48(41(36)28-34)31-23-29-22-30(25-31)26-32(48)24-29/h5-19,27-32H,20-26H2,1-4H3. The first-order chi connectivity index (χ1) is 24.2. The minimum atomic E-state index is 0.0779. The summed E-state index contributed by atoms with van der Waals surface area (Å²) in [6, 6.07) is 40.6. The number of fused-ring (bicyclic) bond motifs is 7. The zero-order valence-electron chi connectivity index (χ0n) is 29.9. The summed E-state index contributed by atoms with van der Waals surface area (Å²) in [5.41, 5.74) is 13.6. The molecule has 0 aliphatic heterocycles. The van der Waals surface area contributed by atoms with Crippen LogP contribution in [0.4, 0.5) is 17.1 Å². The van der Waals surface area contributed by atoms with E-state index in [-0.39, 0.29) is 16.2 Å². The number of rotatable bonds is 3. The number of benzene rings is 5. The molecule has 12 rings (SSSR count). The normalized spacial score (nSPS) is 27.8. The van der Waals surface area contributed by atoms with Gasteiger partial charge in [-0.05, 0) is 155 Å². The van der Waals surface area contributed by atoms with E-state index < -0.39 is 0 Å². The van der Waals surface area contributed by atoms with Gasteiger partial charge in [0.15, 0.2) is 0 Å². The van der Waals surface area contributed by atoms with Crippen LogP contribution < -0.4 is 4.90 Å². The maximum atomic E-state index is 2.69. The first-order valence-corrected chi connectivity index (χ1v) is 20.1. The van der Waals surface area contributed by atoms with Gasteiger partial charge >= 0.3 is 0 Å². The third kappa shape index (κ3) is 3.90. The summed E-state index contributed by atoms with van der Waals surface area (Å²) >= 11 is 1.91. The van der Waals surface area contributed by atoms with Gasteiger partial charge in [-0.2, -0.15) is 0 Å². The van der Waals surface area contributed by atoms with Crippen LogP contribution in [-0.4, -0.2) is 0 Å². The third-order valence-electron chi connectivity index (χ3n) is 14.5. The molecule has 0 atom stereocenters. The van der Waals surface area contributed by atoms with E-state index in [1.165, 1.54) is 104 Å². The minimum absolute atomic E-state index is 0.0779. The average Bonchev–Trinajstić information content (AvgIpc) is 3.62. The van der Waals surface area contributed by atoms with E-state index in [0.717, 1.165) is 23.7 Å². The van der Waals surface area contributed by atoms with Crippen LogP contribution in [0.2, 0.25) is 0 Å². The highest BCUT2D eigenvalue weighted by Crippen LogP contribution is 2.69. The molecule has 4 saturated carbocycles. The molecular formula is C48H47NS. The highest BCUT2D eigenvalue weighted by molar-refractivity contribution is 7.25. The lowest BCUT2D eigenvalue weighted by atomic mass is 9.43. The molecule has 6 aromatic rings. The molecule has 4 bridgehead atoms. The van der Waals surface area contributed by atoms with E-state index in [1.807, 2.05) is 11.3 Å². The second-order valence-corrected chi connectivity index (χ2v) is 19.1. The zero-order chi connectivity index (χ0) is 33.6. The number of thiophene rings is 1. The summed E-state index contributed by atoms with van der Waals surface area (Å²) in [4.78, 5) is 2.67. The van der Waals surface area contributed by atoms with Crippen LogP contribution in [-0.2, 0) is 16.2 Å². The van der Waals surface area contributed by atoms with Crippen LogP contribution in [0.3, 0.4) is 0 Å². The van der Waals surface area contributed by atoms with Gasteiger partial charge in [0.25, 0.3) is 0 Å². The van der Waals surface area contributed by atoms with Gasteiger partial charge in [-0.3, -0.25) is 0 Å². The SMILES string of the molecule is CC1(C)CCC(C)(C)c2c(N(c3ccc4c(c3)C3(c5ccccc5-4)C4CC5CC(C4)CC3C5)c3ccc4sc5ccccc5c4c3)cccc21. The van der Waals surface area contributed by atoms with Gasteiger partial charge in [0, 0.05) is 37.0 Å². The van der Waals surface area contributed by atoms with Gasteiger partial charge < -0.3 is 4.90 Å². The van der Waals surface area contributed by atoms with Crippen LogP contribution >= 0.6 is 11.3 Å². The van der Waals surface area contributed by atoms with Crippen molar-refractivity contribution in [3.05, 3.63) is 125 Å². The molecule has 1 heterocycles. The number of hydrogen-bond donors (Lipinski definition) is 0. The lowest BCUT2D eigenvalue weighted by molar-refractivity contribution is -0.0399. The van der Waals surface area contributed by atoms with E-state index in [4.69, 9.17) is 0 Å². The van der Waals surface area contributed by atoms with Crippen molar-refractivity contribution in [3.63, 3.8) is 0 Å². The van der Waals surface area contributed by atoms with E-state index >= 15 is 0 Å². The van der Waals surface area contributed by atoms with Crippen LogP contribution in [0.25, 0.3) is 31.3 Å². The van der Waals surface area contributed by atoms with Crippen molar-refractivity contribution >= 4 is 48.6 Å². The highest BCUT2D eigenvalue weighted by atomic mass is 32.1. The topological polar surface area (TPSA) is 3.24 Å². The van der Waals surface area contributed by atoms with Crippen molar-refractivity contribution in [1.29, 1.82) is 0 Å². The molecular weight excluding hydrogens is 623 g/mol. The number of anilines is 3. The van der Waals surface area contributed by atoms with Crippen molar-refractivity contribution in [2.24, 2.45) is 23.7 Å². The monoisotopic (exact) mass is 669 g/mol. The fraction of sp³-hybridized carbons (Fsp3) is 0.375. The molecule has 1 spiro atoms. The van der Waals surface area contributed by atoms with Crippen LogP contribution in [0.5, 0.6) is 0 Å². The quantitative estimate of drug-likeness (QED) is 0.181. The Morgan fingerprint density at radius 1 is 0.540 bits per heavy atom. The maximum Gasteiger partial charge on any atom is 0.0502 e. The molecule has 6 aliphatic carbocycles. The van der Waals surface area contributed by atoms with E-state index in [0.29, 0.717) is 0 Å². The first-order valence-electron chi connectivity index (χ1n) is 19.3. The largest absolute Gasteiger partial charge is 0.310 e. The summed E-state index contributed by atoms with van der Waals surface area (Å²) < 4.78 is 2.73. The smallest absolute Gasteiger partial charge is 0.0502 e. The van der Waals surface area contributed by atoms with E-state index in [1.54, 1.807) is 11.1 Å². The molecule has 6 aliphatic rings. The minimum Gasteiger partial charge on any atom is -0.310 e. The van der Waals surface area contributed by atoms with Gasteiger partial charge in [-0.25, -0.2) is 0 Å². The second kappa shape index (κ2) is 10.1. The molecule has 4 fully saturated rings. The lowest BCUT2D eigenvalue weighted by Gasteiger charge is -2.61. The second-order valence-electron chi connectivity index (χ2n) is 18.0. The predicted molar refractivity (Wildman–Crippen MR) is 213 cm³/mol. The molecule has 0 N–H and O–H groups in total. The maximum absolute atomic E-state index is 2.69. The van der Waals surface area contributed by atoms with Crippen LogP contribution in [0, 0.1) is 23.7 Å². The van der Waals surface area contributed by atoms with Gasteiger partial charge in [0.1, 0.15) is 0 Å². The van der Waals surface area contributed by atoms with Gasteiger partial charge in [-0.1, -0.05) is 88.4 Å². The predicted octanol–water partition coefficient (Wildman–Crippen LogP) is 13.6. The molecule has 0 unspecified atom stereocenters. The first kappa shape index (κ1) is 29.8. The van der Waals surface area contributed by atoms with Gasteiger partial charge in [0.05, 0.1) is 5.69 Å². The molecule has 1 aromatic heterocycles. The lowest BCUT2D eigenvalue weighted by Crippen LogP contribution is -2.55. The fourth-order valence-electron chi connectivity index (χ4n) is 12.4.